The number of rotatable bonds is 4. The van der Waals surface area contributed by atoms with Crippen LogP contribution in [-0.4, -0.2) is 38.6 Å². The number of hydrogen-bond acceptors (Lipinski definition) is 3. The van der Waals surface area contributed by atoms with Gasteiger partial charge in [-0.2, -0.15) is 18.3 Å². The number of aryl methyl sites for hydroxylation is 1. The first-order valence-electron chi connectivity index (χ1n) is 10.9. The minimum Gasteiger partial charge on any atom is -0.372 e. The third-order valence-corrected chi connectivity index (χ3v) is 6.33. The Morgan fingerprint density at radius 2 is 1.78 bits per heavy atom. The number of benzene rings is 3. The highest BCUT2D eigenvalue weighted by molar-refractivity contribution is 6.07. The number of carbonyl (C=O) groups excluding carboxylic acids is 1. The van der Waals surface area contributed by atoms with E-state index in [2.05, 4.69) is 10.4 Å². The summed E-state index contributed by atoms with van der Waals surface area (Å²) in [6.45, 7) is 0. The van der Waals surface area contributed by atoms with E-state index in [9.17, 15) is 27.5 Å². The lowest BCUT2D eigenvalue weighted by Gasteiger charge is -2.31. The number of fused-ring (bicyclic) bond motifs is 2. The largest absolute Gasteiger partial charge is 0.425 e. The Morgan fingerprint density at radius 3 is 2.44 bits per heavy atom. The number of amides is 1. The van der Waals surface area contributed by atoms with Crippen molar-refractivity contribution in [2.24, 2.45) is 7.05 Å². The van der Waals surface area contributed by atoms with Crippen molar-refractivity contribution in [3.8, 4) is 5.69 Å². The lowest BCUT2D eigenvalue weighted by Crippen LogP contribution is -2.43. The van der Waals surface area contributed by atoms with Gasteiger partial charge in [-0.15, -0.1) is 0 Å². The van der Waals surface area contributed by atoms with E-state index in [1.165, 1.54) is 96.4 Å². The van der Waals surface area contributed by atoms with Crippen LogP contribution < -0.4 is 5.32 Å². The predicted molar refractivity (Wildman–Crippen MR) is 126 cm³/mol. The van der Waals surface area contributed by atoms with Gasteiger partial charge in [0, 0.05) is 36.6 Å². The molecular formula is C26H20F4N4O2. The second-order valence-electron chi connectivity index (χ2n) is 8.45. The summed E-state index contributed by atoms with van der Waals surface area (Å²) in [5.74, 6) is -0.888. The lowest BCUT2D eigenvalue weighted by molar-refractivity contribution is -0.247. The van der Waals surface area contributed by atoms with E-state index in [-0.39, 0.29) is 16.5 Å². The van der Waals surface area contributed by atoms with Gasteiger partial charge in [-0.25, -0.2) is 9.07 Å². The predicted octanol–water partition coefficient (Wildman–Crippen LogP) is 4.81. The molecule has 5 rings (SSSR count). The maximum atomic E-state index is 14.7. The van der Waals surface area contributed by atoms with Crippen molar-refractivity contribution in [1.29, 1.82) is 0 Å². The van der Waals surface area contributed by atoms with Crippen LogP contribution in [0.1, 0.15) is 21.5 Å². The van der Waals surface area contributed by atoms with Gasteiger partial charge in [-0.1, -0.05) is 18.2 Å². The molecule has 0 fully saturated rings. The quantitative estimate of drug-likeness (QED) is 0.351. The summed E-state index contributed by atoms with van der Waals surface area (Å²) < 4.78 is 60.1. The van der Waals surface area contributed by atoms with Crippen LogP contribution in [0.25, 0.3) is 27.5 Å². The van der Waals surface area contributed by atoms with Crippen LogP contribution in [0.3, 0.4) is 0 Å². The smallest absolute Gasteiger partial charge is 0.372 e. The number of alkyl halides is 3. The van der Waals surface area contributed by atoms with E-state index >= 15 is 0 Å². The van der Waals surface area contributed by atoms with E-state index < -0.39 is 34.6 Å². The Labute approximate surface area is 202 Å². The molecule has 2 heterocycles. The summed E-state index contributed by atoms with van der Waals surface area (Å²) in [4.78, 5) is 12.4. The van der Waals surface area contributed by atoms with Crippen LogP contribution in [0.2, 0.25) is 0 Å². The molecule has 0 aliphatic heterocycles. The van der Waals surface area contributed by atoms with Gasteiger partial charge >= 0.3 is 6.18 Å². The lowest BCUT2D eigenvalue weighted by atomic mass is 9.84. The van der Waals surface area contributed by atoms with Crippen molar-refractivity contribution >= 4 is 27.7 Å². The Bertz CT molecular complexity index is 1620. The second-order valence-corrected chi connectivity index (χ2v) is 8.45. The van der Waals surface area contributed by atoms with Gasteiger partial charge in [-0.05, 0) is 48.0 Å². The van der Waals surface area contributed by atoms with Crippen molar-refractivity contribution in [3.05, 3.63) is 95.6 Å². The number of aromatic nitrogens is 3. The van der Waals surface area contributed by atoms with Gasteiger partial charge < -0.3 is 15.0 Å². The fourth-order valence-corrected chi connectivity index (χ4v) is 4.59. The van der Waals surface area contributed by atoms with Gasteiger partial charge in [0.25, 0.3) is 5.91 Å². The van der Waals surface area contributed by atoms with E-state index in [4.69, 9.17) is 0 Å². The average Bonchev–Trinajstić information content (AvgIpc) is 3.44. The van der Waals surface area contributed by atoms with Crippen LogP contribution in [0, 0.1) is 5.82 Å². The highest BCUT2D eigenvalue weighted by Gasteiger charge is 2.57. The molecular weight excluding hydrogens is 476 g/mol. The molecule has 0 bridgehead atoms. The SMILES string of the molecule is CNC(=O)c1cccc2c(C(O)(c3ccc4c(cnn4-c4ccc(F)cc4)c3)C(F)(F)F)cn(C)c12. The summed E-state index contributed by atoms with van der Waals surface area (Å²) >= 11 is 0. The summed E-state index contributed by atoms with van der Waals surface area (Å²) in [6, 6.07) is 13.8. The number of halogens is 4. The summed E-state index contributed by atoms with van der Waals surface area (Å²) in [5.41, 5.74) is -2.72. The molecule has 5 aromatic rings. The van der Waals surface area contributed by atoms with Crippen LogP contribution in [0.4, 0.5) is 17.6 Å². The molecule has 36 heavy (non-hydrogen) atoms. The number of nitrogens with zero attached hydrogens (tertiary/aromatic N) is 3. The molecule has 2 aromatic heterocycles. The van der Waals surface area contributed by atoms with Gasteiger partial charge in [-0.3, -0.25) is 4.79 Å². The highest BCUT2D eigenvalue weighted by Crippen LogP contribution is 2.47. The zero-order valence-corrected chi connectivity index (χ0v) is 19.1. The Morgan fingerprint density at radius 1 is 1.06 bits per heavy atom. The van der Waals surface area contributed by atoms with E-state index in [1.807, 2.05) is 0 Å². The minimum absolute atomic E-state index is 0.0977. The van der Waals surface area contributed by atoms with Crippen molar-refractivity contribution in [2.75, 3.05) is 7.05 Å². The normalized spacial score (nSPS) is 13.8. The maximum Gasteiger partial charge on any atom is 0.425 e. The summed E-state index contributed by atoms with van der Waals surface area (Å²) in [6.07, 6.45) is -2.52. The summed E-state index contributed by atoms with van der Waals surface area (Å²) in [7, 11) is 2.95. The van der Waals surface area contributed by atoms with Gasteiger partial charge in [0.15, 0.2) is 0 Å². The van der Waals surface area contributed by atoms with Crippen molar-refractivity contribution in [2.45, 2.75) is 11.8 Å². The zero-order valence-electron chi connectivity index (χ0n) is 19.1. The van der Waals surface area contributed by atoms with E-state index in [1.54, 1.807) is 0 Å². The average molecular weight is 496 g/mol. The molecule has 1 amide bonds. The monoisotopic (exact) mass is 496 g/mol. The Balaban J connectivity index is 1.72. The standard InChI is InChI=1S/C26H20F4N4O2/c1-31-24(35)20-5-3-4-19-21(14-33(2)23(19)20)25(36,26(28,29)30)16-6-11-22-15(12-16)13-32-34(22)18-9-7-17(27)8-10-18/h3-14,36H,1-2H3,(H,31,35). The fraction of sp³-hybridized carbons (Fsp3) is 0.154. The molecule has 2 N–H and O–H groups in total. The molecule has 10 heteroatoms. The summed E-state index contributed by atoms with van der Waals surface area (Å²) in [5, 5.41) is 18.6. The molecule has 0 saturated carbocycles. The molecule has 0 spiro atoms. The molecule has 3 aromatic carbocycles. The number of hydrogen-bond donors (Lipinski definition) is 2. The first-order chi connectivity index (χ1) is 17.1. The van der Waals surface area contributed by atoms with Gasteiger partial charge in [0.05, 0.1) is 28.5 Å². The molecule has 6 nitrogen and oxygen atoms in total. The number of para-hydroxylation sites is 1. The van der Waals surface area contributed by atoms with Crippen LogP contribution in [0.5, 0.6) is 0 Å². The third kappa shape index (κ3) is 3.44. The number of nitrogens with one attached hydrogen (secondary N) is 1. The first kappa shape index (κ1) is 23.6. The fourth-order valence-electron chi connectivity index (χ4n) is 4.59. The molecule has 0 aliphatic rings. The van der Waals surface area contributed by atoms with Gasteiger partial charge in [0.1, 0.15) is 5.82 Å². The molecule has 1 unspecified atom stereocenters. The maximum absolute atomic E-state index is 14.7. The Kier molecular flexibility index (Phi) is 5.36. The third-order valence-electron chi connectivity index (χ3n) is 6.33. The molecule has 184 valence electrons. The van der Waals surface area contributed by atoms with Crippen molar-refractivity contribution in [1.82, 2.24) is 19.7 Å². The topological polar surface area (TPSA) is 72.1 Å². The molecule has 1 atom stereocenters. The van der Waals surface area contributed by atoms with Crippen LogP contribution in [0.15, 0.2) is 73.1 Å². The van der Waals surface area contributed by atoms with Crippen LogP contribution in [-0.2, 0) is 12.6 Å². The van der Waals surface area contributed by atoms with Crippen LogP contribution >= 0.6 is 0 Å². The zero-order chi connectivity index (χ0) is 25.8. The van der Waals surface area contributed by atoms with Gasteiger partial charge in [0.2, 0.25) is 5.60 Å². The highest BCUT2D eigenvalue weighted by atomic mass is 19.4. The number of carbonyl (C=O) groups is 1. The van der Waals surface area contributed by atoms with E-state index in [0.717, 1.165) is 0 Å². The molecule has 0 radical (unpaired) electrons. The van der Waals surface area contributed by atoms with Crippen molar-refractivity contribution < 1.29 is 27.5 Å². The van der Waals surface area contributed by atoms with Crippen molar-refractivity contribution in [3.63, 3.8) is 0 Å². The first-order valence-corrected chi connectivity index (χ1v) is 10.9. The second kappa shape index (κ2) is 8.20. The number of aliphatic hydroxyl groups is 1. The van der Waals surface area contributed by atoms with E-state index in [0.29, 0.717) is 16.6 Å². The Hall–Kier alpha value is -4.18. The molecule has 0 saturated heterocycles. The minimum atomic E-state index is -5.09. The molecule has 0 aliphatic carbocycles.